The molecule has 0 atom stereocenters. The Balaban J connectivity index is 2.52. The first-order chi connectivity index (χ1) is 7.18. The topological polar surface area (TPSA) is 68.0 Å². The van der Waals surface area contributed by atoms with Crippen LogP contribution in [0.1, 0.15) is 15.9 Å². The lowest BCUT2D eigenvalue weighted by molar-refractivity contribution is 0.0696. The molecule has 0 unspecified atom stereocenters. The largest absolute Gasteiger partial charge is 0.478 e. The second-order valence-corrected chi connectivity index (χ2v) is 3.15. The molecule has 0 aliphatic heterocycles. The summed E-state index contributed by atoms with van der Waals surface area (Å²) in [4.78, 5) is 10.9. The van der Waals surface area contributed by atoms with E-state index in [0.717, 1.165) is 5.56 Å². The van der Waals surface area contributed by atoms with E-state index in [4.69, 9.17) is 5.11 Å². The van der Waals surface area contributed by atoms with Crippen LogP contribution in [0.25, 0.3) is 5.69 Å². The van der Waals surface area contributed by atoms with Crippen molar-refractivity contribution < 1.29 is 9.90 Å². The Bertz CT molecular complexity index is 491. The summed E-state index contributed by atoms with van der Waals surface area (Å²) in [6, 6.07) is 5.13. The summed E-state index contributed by atoms with van der Waals surface area (Å²) >= 11 is 0. The third-order valence-corrected chi connectivity index (χ3v) is 2.14. The minimum Gasteiger partial charge on any atom is -0.478 e. The number of rotatable bonds is 2. The Labute approximate surface area is 86.0 Å². The van der Waals surface area contributed by atoms with Gasteiger partial charge in [-0.25, -0.2) is 9.48 Å². The summed E-state index contributed by atoms with van der Waals surface area (Å²) in [7, 11) is 0. The number of hydrogen-bond acceptors (Lipinski definition) is 3. The van der Waals surface area contributed by atoms with E-state index in [2.05, 4.69) is 10.3 Å². The zero-order valence-corrected chi connectivity index (χ0v) is 8.08. The molecule has 1 aromatic heterocycles. The van der Waals surface area contributed by atoms with Gasteiger partial charge in [0.1, 0.15) is 0 Å². The van der Waals surface area contributed by atoms with Crippen molar-refractivity contribution in [2.45, 2.75) is 6.92 Å². The average Bonchev–Trinajstić information content (AvgIpc) is 2.71. The van der Waals surface area contributed by atoms with Crippen molar-refractivity contribution in [2.24, 2.45) is 0 Å². The highest BCUT2D eigenvalue weighted by molar-refractivity contribution is 5.90. The third-order valence-electron chi connectivity index (χ3n) is 2.14. The molecule has 5 heteroatoms. The number of benzene rings is 1. The van der Waals surface area contributed by atoms with E-state index in [1.807, 2.05) is 0 Å². The molecule has 2 aromatic rings. The monoisotopic (exact) mass is 203 g/mol. The van der Waals surface area contributed by atoms with Crippen molar-refractivity contribution in [3.05, 3.63) is 41.7 Å². The van der Waals surface area contributed by atoms with Gasteiger partial charge >= 0.3 is 5.97 Å². The fourth-order valence-corrected chi connectivity index (χ4v) is 1.33. The van der Waals surface area contributed by atoms with Gasteiger partial charge in [0.05, 0.1) is 23.6 Å². The number of aromatic nitrogens is 3. The molecule has 1 heterocycles. The van der Waals surface area contributed by atoms with Gasteiger partial charge in [-0.3, -0.25) is 0 Å². The fraction of sp³-hybridized carbons (Fsp3) is 0.100. The maximum absolute atomic E-state index is 10.9. The number of nitrogens with zero attached hydrogens (tertiary/aromatic N) is 3. The molecule has 1 aromatic carbocycles. The number of hydrogen-bond donors (Lipinski definition) is 1. The first-order valence-corrected chi connectivity index (χ1v) is 4.39. The van der Waals surface area contributed by atoms with Gasteiger partial charge in [-0.05, 0) is 24.6 Å². The van der Waals surface area contributed by atoms with Crippen molar-refractivity contribution in [3.8, 4) is 5.69 Å². The molecule has 15 heavy (non-hydrogen) atoms. The zero-order chi connectivity index (χ0) is 10.8. The Hall–Kier alpha value is -2.17. The SMILES string of the molecule is Cc1ccc(-n2ccnn2)cc1C(=O)O. The smallest absolute Gasteiger partial charge is 0.336 e. The molecule has 0 radical (unpaired) electrons. The van der Waals surface area contributed by atoms with E-state index in [1.54, 1.807) is 37.5 Å². The van der Waals surface area contributed by atoms with Gasteiger partial charge in [0, 0.05) is 0 Å². The van der Waals surface area contributed by atoms with Crippen molar-refractivity contribution >= 4 is 5.97 Å². The second kappa shape index (κ2) is 3.53. The lowest BCUT2D eigenvalue weighted by Crippen LogP contribution is -2.03. The van der Waals surface area contributed by atoms with Gasteiger partial charge < -0.3 is 5.11 Å². The molecular weight excluding hydrogens is 194 g/mol. The van der Waals surface area contributed by atoms with Crippen molar-refractivity contribution in [3.63, 3.8) is 0 Å². The van der Waals surface area contributed by atoms with Crippen molar-refractivity contribution in [1.29, 1.82) is 0 Å². The molecule has 0 amide bonds. The number of carboxylic acids is 1. The summed E-state index contributed by atoms with van der Waals surface area (Å²) in [5.41, 5.74) is 1.70. The predicted octanol–water partition coefficient (Wildman–Crippen LogP) is 1.27. The number of aryl methyl sites for hydroxylation is 1. The van der Waals surface area contributed by atoms with Crippen LogP contribution in [0.15, 0.2) is 30.6 Å². The van der Waals surface area contributed by atoms with E-state index in [-0.39, 0.29) is 5.56 Å². The van der Waals surface area contributed by atoms with E-state index in [0.29, 0.717) is 5.69 Å². The minimum absolute atomic E-state index is 0.281. The molecule has 0 aliphatic carbocycles. The van der Waals surface area contributed by atoms with Crippen LogP contribution < -0.4 is 0 Å². The molecule has 2 rings (SSSR count). The van der Waals surface area contributed by atoms with Gasteiger partial charge in [-0.15, -0.1) is 5.10 Å². The highest BCUT2D eigenvalue weighted by atomic mass is 16.4. The molecule has 0 spiro atoms. The van der Waals surface area contributed by atoms with E-state index in [9.17, 15) is 4.79 Å². The predicted molar refractivity (Wildman–Crippen MR) is 53.1 cm³/mol. The molecule has 0 aliphatic rings. The zero-order valence-electron chi connectivity index (χ0n) is 8.08. The summed E-state index contributed by atoms with van der Waals surface area (Å²) in [5.74, 6) is -0.936. The van der Waals surface area contributed by atoms with Crippen LogP contribution in [0.5, 0.6) is 0 Å². The van der Waals surface area contributed by atoms with Gasteiger partial charge in [-0.1, -0.05) is 11.3 Å². The Morgan fingerprint density at radius 1 is 1.47 bits per heavy atom. The standard InChI is InChI=1S/C10H9N3O2/c1-7-2-3-8(6-9(7)10(14)15)13-5-4-11-12-13/h2-6H,1H3,(H,14,15). The first-order valence-electron chi connectivity index (χ1n) is 4.39. The van der Waals surface area contributed by atoms with Crippen LogP contribution in [0.2, 0.25) is 0 Å². The number of carbonyl (C=O) groups is 1. The third kappa shape index (κ3) is 1.71. The highest BCUT2D eigenvalue weighted by Gasteiger charge is 2.08. The van der Waals surface area contributed by atoms with Crippen molar-refractivity contribution in [2.75, 3.05) is 0 Å². The van der Waals surface area contributed by atoms with Crippen LogP contribution in [0, 0.1) is 6.92 Å². The van der Waals surface area contributed by atoms with E-state index in [1.165, 1.54) is 4.68 Å². The maximum Gasteiger partial charge on any atom is 0.336 e. The molecule has 76 valence electrons. The molecule has 0 saturated heterocycles. The summed E-state index contributed by atoms with van der Waals surface area (Å²) < 4.78 is 1.52. The fourth-order valence-electron chi connectivity index (χ4n) is 1.33. The summed E-state index contributed by atoms with van der Waals surface area (Å²) in [5, 5.41) is 16.4. The molecule has 5 nitrogen and oxygen atoms in total. The van der Waals surface area contributed by atoms with Gasteiger partial charge in [0.15, 0.2) is 0 Å². The van der Waals surface area contributed by atoms with Gasteiger partial charge in [-0.2, -0.15) is 0 Å². The van der Waals surface area contributed by atoms with Crippen LogP contribution in [-0.4, -0.2) is 26.1 Å². The summed E-state index contributed by atoms with van der Waals surface area (Å²) in [6.45, 7) is 1.76. The van der Waals surface area contributed by atoms with Gasteiger partial charge in [0.2, 0.25) is 0 Å². The van der Waals surface area contributed by atoms with Crippen LogP contribution >= 0.6 is 0 Å². The van der Waals surface area contributed by atoms with E-state index < -0.39 is 5.97 Å². The first kappa shape index (κ1) is 9.39. The molecular formula is C10H9N3O2. The Morgan fingerprint density at radius 3 is 2.87 bits per heavy atom. The number of aromatic carboxylic acids is 1. The lowest BCUT2D eigenvalue weighted by Gasteiger charge is -2.04. The van der Waals surface area contributed by atoms with Crippen LogP contribution in [-0.2, 0) is 0 Å². The number of carboxylic acid groups (broad SMARTS) is 1. The average molecular weight is 203 g/mol. The van der Waals surface area contributed by atoms with Crippen molar-refractivity contribution in [1.82, 2.24) is 15.0 Å². The quantitative estimate of drug-likeness (QED) is 0.798. The maximum atomic E-state index is 10.9. The second-order valence-electron chi connectivity index (χ2n) is 3.15. The molecule has 0 bridgehead atoms. The molecule has 0 saturated carbocycles. The normalized spacial score (nSPS) is 10.2. The molecule has 0 fully saturated rings. The Kier molecular flexibility index (Phi) is 2.21. The highest BCUT2D eigenvalue weighted by Crippen LogP contribution is 2.13. The van der Waals surface area contributed by atoms with Crippen LogP contribution in [0.4, 0.5) is 0 Å². The minimum atomic E-state index is -0.936. The van der Waals surface area contributed by atoms with Crippen LogP contribution in [0.3, 0.4) is 0 Å². The molecule has 1 N–H and O–H groups in total. The van der Waals surface area contributed by atoms with Gasteiger partial charge in [0.25, 0.3) is 0 Å². The Morgan fingerprint density at radius 2 is 2.27 bits per heavy atom. The summed E-state index contributed by atoms with van der Waals surface area (Å²) in [6.07, 6.45) is 3.20. The lowest BCUT2D eigenvalue weighted by atomic mass is 10.1. The van der Waals surface area contributed by atoms with E-state index >= 15 is 0 Å².